The smallest absolute Gasteiger partial charge is 0.205 e. The second-order valence-electron chi connectivity index (χ2n) is 4.01. The van der Waals surface area contributed by atoms with Crippen molar-refractivity contribution in [3.63, 3.8) is 0 Å². The zero-order valence-corrected chi connectivity index (χ0v) is 11.8. The molecule has 0 saturated heterocycles. The van der Waals surface area contributed by atoms with Crippen molar-refractivity contribution in [3.05, 3.63) is 51.5 Å². The molecule has 19 heavy (non-hydrogen) atoms. The Labute approximate surface area is 124 Å². The quantitative estimate of drug-likeness (QED) is 0.715. The Morgan fingerprint density at radius 1 is 1.05 bits per heavy atom. The number of anilines is 1. The Morgan fingerprint density at radius 2 is 1.84 bits per heavy atom. The number of nitrogens with zero attached hydrogens (tertiary/aromatic N) is 2. The highest BCUT2D eigenvalue weighted by Crippen LogP contribution is 2.33. The van der Waals surface area contributed by atoms with E-state index in [9.17, 15) is 0 Å². The molecule has 2 aromatic carbocycles. The summed E-state index contributed by atoms with van der Waals surface area (Å²) >= 11 is 18.3. The van der Waals surface area contributed by atoms with Crippen LogP contribution in [0.1, 0.15) is 0 Å². The van der Waals surface area contributed by atoms with E-state index < -0.39 is 0 Å². The van der Waals surface area contributed by atoms with Gasteiger partial charge in [0.2, 0.25) is 5.95 Å². The van der Waals surface area contributed by atoms with Crippen LogP contribution in [0.2, 0.25) is 15.1 Å². The van der Waals surface area contributed by atoms with E-state index in [1.54, 1.807) is 28.8 Å². The van der Waals surface area contributed by atoms with Crippen molar-refractivity contribution in [2.24, 2.45) is 0 Å². The molecule has 0 fully saturated rings. The highest BCUT2D eigenvalue weighted by atomic mass is 35.5. The Hall–Kier alpha value is -1.42. The van der Waals surface area contributed by atoms with E-state index in [-0.39, 0.29) is 0 Å². The lowest BCUT2D eigenvalue weighted by Gasteiger charge is -2.09. The molecule has 3 aromatic rings. The van der Waals surface area contributed by atoms with Crippen LogP contribution in [0.3, 0.4) is 0 Å². The van der Waals surface area contributed by atoms with Gasteiger partial charge in [0.15, 0.2) is 0 Å². The molecule has 2 N–H and O–H groups in total. The van der Waals surface area contributed by atoms with Gasteiger partial charge in [0.1, 0.15) is 0 Å². The number of halogens is 3. The summed E-state index contributed by atoms with van der Waals surface area (Å²) in [6.07, 6.45) is 0. The van der Waals surface area contributed by atoms with Crippen molar-refractivity contribution >= 4 is 51.8 Å². The van der Waals surface area contributed by atoms with E-state index in [0.29, 0.717) is 26.7 Å². The van der Waals surface area contributed by atoms with Gasteiger partial charge in [0.05, 0.1) is 26.8 Å². The molecule has 0 atom stereocenters. The molecule has 3 rings (SSSR count). The van der Waals surface area contributed by atoms with E-state index in [4.69, 9.17) is 40.5 Å². The number of hydrogen-bond acceptors (Lipinski definition) is 2. The van der Waals surface area contributed by atoms with E-state index >= 15 is 0 Å². The molecule has 0 unspecified atom stereocenters. The summed E-state index contributed by atoms with van der Waals surface area (Å²) in [5.74, 6) is 0.335. The molecule has 0 spiro atoms. The van der Waals surface area contributed by atoms with E-state index in [1.807, 2.05) is 12.1 Å². The zero-order valence-electron chi connectivity index (χ0n) is 9.57. The van der Waals surface area contributed by atoms with Gasteiger partial charge in [-0.2, -0.15) is 0 Å². The molecule has 0 saturated carbocycles. The largest absolute Gasteiger partial charge is 0.369 e. The lowest BCUT2D eigenvalue weighted by molar-refractivity contribution is 1.11. The van der Waals surface area contributed by atoms with Gasteiger partial charge in [-0.3, -0.25) is 4.57 Å². The summed E-state index contributed by atoms with van der Waals surface area (Å²) in [6.45, 7) is 0. The number of nitrogen functional groups attached to an aromatic ring is 1. The molecular weight excluding hydrogens is 305 g/mol. The van der Waals surface area contributed by atoms with Gasteiger partial charge in [-0.1, -0.05) is 40.9 Å². The van der Waals surface area contributed by atoms with Crippen molar-refractivity contribution in [3.8, 4) is 5.69 Å². The fourth-order valence-corrected chi connectivity index (χ4v) is 2.53. The number of nitrogens with two attached hydrogens (primary N) is 1. The molecule has 0 bridgehead atoms. The highest BCUT2D eigenvalue weighted by molar-refractivity contribution is 6.43. The Bertz CT molecular complexity index is 780. The summed E-state index contributed by atoms with van der Waals surface area (Å²) in [7, 11) is 0. The lowest BCUT2D eigenvalue weighted by Crippen LogP contribution is -2.01. The zero-order chi connectivity index (χ0) is 13.6. The maximum Gasteiger partial charge on any atom is 0.205 e. The first-order valence-corrected chi connectivity index (χ1v) is 6.59. The van der Waals surface area contributed by atoms with Gasteiger partial charge in [0, 0.05) is 5.02 Å². The minimum Gasteiger partial charge on any atom is -0.369 e. The van der Waals surface area contributed by atoms with Crippen LogP contribution in [0.4, 0.5) is 5.95 Å². The number of hydrogen-bond donors (Lipinski definition) is 1. The van der Waals surface area contributed by atoms with E-state index in [0.717, 1.165) is 11.0 Å². The summed E-state index contributed by atoms with van der Waals surface area (Å²) in [6, 6.07) is 10.7. The number of aromatic nitrogens is 2. The van der Waals surface area contributed by atoms with Gasteiger partial charge >= 0.3 is 0 Å². The standard InChI is InChI=1S/C13H8Cl3N3/c14-7-4-5-9-11(6-7)19(13(17)18-9)10-3-1-2-8(15)12(10)16/h1-6H,(H2,17,18). The van der Waals surface area contributed by atoms with Crippen LogP contribution in [0.15, 0.2) is 36.4 Å². The fourth-order valence-electron chi connectivity index (χ4n) is 1.99. The van der Waals surface area contributed by atoms with Crippen molar-refractivity contribution in [1.82, 2.24) is 9.55 Å². The average molecular weight is 313 g/mol. The van der Waals surface area contributed by atoms with Crippen LogP contribution in [0.5, 0.6) is 0 Å². The summed E-state index contributed by atoms with van der Waals surface area (Å²) < 4.78 is 1.73. The van der Waals surface area contributed by atoms with Crippen LogP contribution in [0.25, 0.3) is 16.7 Å². The van der Waals surface area contributed by atoms with Gasteiger partial charge in [-0.25, -0.2) is 4.98 Å². The number of benzene rings is 2. The molecule has 6 heteroatoms. The second kappa shape index (κ2) is 4.60. The molecule has 0 aliphatic carbocycles. The topological polar surface area (TPSA) is 43.8 Å². The SMILES string of the molecule is Nc1nc2ccc(Cl)cc2n1-c1cccc(Cl)c1Cl. The molecule has 3 nitrogen and oxygen atoms in total. The number of fused-ring (bicyclic) bond motifs is 1. The van der Waals surface area contributed by atoms with Crippen LogP contribution in [-0.4, -0.2) is 9.55 Å². The molecule has 0 aliphatic rings. The average Bonchev–Trinajstić information content (AvgIpc) is 2.69. The third-order valence-electron chi connectivity index (χ3n) is 2.81. The predicted molar refractivity (Wildman–Crippen MR) is 80.5 cm³/mol. The lowest BCUT2D eigenvalue weighted by atomic mass is 10.2. The predicted octanol–water partition coefficient (Wildman–Crippen LogP) is 4.57. The monoisotopic (exact) mass is 311 g/mol. The normalized spacial score (nSPS) is 11.1. The van der Waals surface area contributed by atoms with Crippen LogP contribution in [0, 0.1) is 0 Å². The minimum atomic E-state index is 0.335. The Balaban J connectivity index is 2.39. The van der Waals surface area contributed by atoms with Gasteiger partial charge in [-0.15, -0.1) is 0 Å². The fraction of sp³-hybridized carbons (Fsp3) is 0. The van der Waals surface area contributed by atoms with Crippen LogP contribution >= 0.6 is 34.8 Å². The number of rotatable bonds is 1. The van der Waals surface area contributed by atoms with E-state index in [2.05, 4.69) is 4.98 Å². The first-order valence-electron chi connectivity index (χ1n) is 5.46. The van der Waals surface area contributed by atoms with Crippen molar-refractivity contribution in [1.29, 1.82) is 0 Å². The third-order valence-corrected chi connectivity index (χ3v) is 3.86. The second-order valence-corrected chi connectivity index (χ2v) is 5.23. The molecule has 1 aromatic heterocycles. The molecule has 0 aliphatic heterocycles. The maximum absolute atomic E-state index is 6.23. The van der Waals surface area contributed by atoms with Crippen LogP contribution < -0.4 is 5.73 Å². The molecule has 0 amide bonds. The van der Waals surface area contributed by atoms with Crippen molar-refractivity contribution in [2.45, 2.75) is 0 Å². The Kier molecular flexibility index (Phi) is 3.05. The van der Waals surface area contributed by atoms with Gasteiger partial charge < -0.3 is 5.73 Å². The Morgan fingerprint density at radius 3 is 2.63 bits per heavy atom. The number of imidazole rings is 1. The van der Waals surface area contributed by atoms with Crippen LogP contribution in [-0.2, 0) is 0 Å². The minimum absolute atomic E-state index is 0.335. The molecule has 0 radical (unpaired) electrons. The van der Waals surface area contributed by atoms with Crippen molar-refractivity contribution in [2.75, 3.05) is 5.73 Å². The maximum atomic E-state index is 6.23. The highest BCUT2D eigenvalue weighted by Gasteiger charge is 2.14. The summed E-state index contributed by atoms with van der Waals surface area (Å²) in [5.41, 5.74) is 8.17. The summed E-state index contributed by atoms with van der Waals surface area (Å²) in [5, 5.41) is 1.49. The molecular formula is C13H8Cl3N3. The molecule has 1 heterocycles. The van der Waals surface area contributed by atoms with Gasteiger partial charge in [0.25, 0.3) is 0 Å². The first-order chi connectivity index (χ1) is 9.08. The first kappa shape index (κ1) is 12.6. The van der Waals surface area contributed by atoms with Gasteiger partial charge in [-0.05, 0) is 30.3 Å². The summed E-state index contributed by atoms with van der Waals surface area (Å²) in [4.78, 5) is 4.28. The van der Waals surface area contributed by atoms with E-state index in [1.165, 1.54) is 0 Å². The van der Waals surface area contributed by atoms with Crippen molar-refractivity contribution < 1.29 is 0 Å². The third kappa shape index (κ3) is 2.04. The molecule has 96 valence electrons.